The van der Waals surface area contributed by atoms with E-state index in [4.69, 9.17) is 0 Å². The average Bonchev–Trinajstić information content (AvgIpc) is 2.20. The van der Waals surface area contributed by atoms with E-state index in [0.717, 1.165) is 18.4 Å². The molecule has 4 nitrogen and oxygen atoms in total. The van der Waals surface area contributed by atoms with Gasteiger partial charge in [0.15, 0.2) is 0 Å². The SMILES string of the molecule is CC(=CN=C=O)CCC(C)CN=C=O. The molecule has 0 bridgehead atoms. The minimum Gasteiger partial charge on any atom is -0.211 e. The summed E-state index contributed by atoms with van der Waals surface area (Å²) in [6, 6.07) is 0. The van der Waals surface area contributed by atoms with Gasteiger partial charge in [0.1, 0.15) is 0 Å². The van der Waals surface area contributed by atoms with Crippen LogP contribution in [0.15, 0.2) is 21.8 Å². The summed E-state index contributed by atoms with van der Waals surface area (Å²) in [6.45, 7) is 4.42. The molecule has 0 aliphatic heterocycles. The van der Waals surface area contributed by atoms with Gasteiger partial charge in [-0.25, -0.2) is 14.6 Å². The molecular weight excluding hydrogens is 180 g/mol. The smallest absolute Gasteiger partial charge is 0.211 e. The molecular formula is C10H14N2O2. The topological polar surface area (TPSA) is 58.9 Å². The van der Waals surface area contributed by atoms with Crippen LogP contribution in [-0.4, -0.2) is 18.7 Å². The number of hydrogen-bond donors (Lipinski definition) is 0. The summed E-state index contributed by atoms with van der Waals surface area (Å²) in [6.07, 6.45) is 6.23. The third-order valence-corrected chi connectivity index (χ3v) is 1.84. The number of rotatable bonds is 6. The van der Waals surface area contributed by atoms with E-state index in [0.29, 0.717) is 12.5 Å². The van der Waals surface area contributed by atoms with Crippen molar-refractivity contribution in [2.24, 2.45) is 15.9 Å². The quantitative estimate of drug-likeness (QED) is 0.479. The predicted molar refractivity (Wildman–Crippen MR) is 53.3 cm³/mol. The zero-order valence-electron chi connectivity index (χ0n) is 8.49. The Morgan fingerprint density at radius 1 is 1.43 bits per heavy atom. The number of aliphatic imine (C=N–C) groups is 2. The Balaban J connectivity index is 3.81. The van der Waals surface area contributed by atoms with Gasteiger partial charge in [0.25, 0.3) is 0 Å². The lowest BCUT2D eigenvalue weighted by Gasteiger charge is -2.06. The largest absolute Gasteiger partial charge is 0.239 e. The zero-order chi connectivity index (χ0) is 10.8. The first-order valence-corrected chi connectivity index (χ1v) is 4.47. The summed E-state index contributed by atoms with van der Waals surface area (Å²) in [5.74, 6) is 0.347. The van der Waals surface area contributed by atoms with Crippen molar-refractivity contribution in [3.63, 3.8) is 0 Å². The van der Waals surface area contributed by atoms with E-state index in [1.807, 2.05) is 13.8 Å². The highest BCUT2D eigenvalue weighted by Gasteiger charge is 2.00. The van der Waals surface area contributed by atoms with Crippen molar-refractivity contribution in [2.45, 2.75) is 26.7 Å². The fourth-order valence-electron chi connectivity index (χ4n) is 0.960. The van der Waals surface area contributed by atoms with Gasteiger partial charge in [-0.3, -0.25) is 0 Å². The molecule has 4 heteroatoms. The first-order chi connectivity index (χ1) is 6.70. The molecule has 0 aliphatic carbocycles. The summed E-state index contributed by atoms with van der Waals surface area (Å²) in [5.41, 5.74) is 1.02. The number of carbonyl (C=O) groups excluding carboxylic acids is 2. The van der Waals surface area contributed by atoms with Crippen molar-refractivity contribution >= 4 is 12.2 Å². The van der Waals surface area contributed by atoms with E-state index in [-0.39, 0.29) is 0 Å². The van der Waals surface area contributed by atoms with Crippen LogP contribution in [0.25, 0.3) is 0 Å². The van der Waals surface area contributed by atoms with E-state index in [1.54, 1.807) is 0 Å². The maximum Gasteiger partial charge on any atom is 0.239 e. The molecule has 1 atom stereocenters. The molecule has 0 heterocycles. The van der Waals surface area contributed by atoms with Crippen molar-refractivity contribution in [1.82, 2.24) is 0 Å². The molecule has 0 fully saturated rings. The second-order valence-corrected chi connectivity index (χ2v) is 3.27. The van der Waals surface area contributed by atoms with E-state index >= 15 is 0 Å². The summed E-state index contributed by atoms with van der Waals surface area (Å²) in [7, 11) is 0. The van der Waals surface area contributed by atoms with E-state index in [9.17, 15) is 9.59 Å². The van der Waals surface area contributed by atoms with Crippen LogP contribution in [0.3, 0.4) is 0 Å². The molecule has 0 aromatic rings. The second kappa shape index (κ2) is 8.11. The molecule has 0 aliphatic rings. The number of allylic oxidation sites excluding steroid dienone is 1. The molecule has 0 saturated carbocycles. The zero-order valence-corrected chi connectivity index (χ0v) is 8.49. The Kier molecular flexibility index (Phi) is 7.24. The van der Waals surface area contributed by atoms with Gasteiger partial charge in [0, 0.05) is 6.20 Å². The third kappa shape index (κ3) is 7.17. The molecule has 0 amide bonds. The highest BCUT2D eigenvalue weighted by Crippen LogP contribution is 2.11. The Labute approximate surface area is 83.4 Å². The first-order valence-electron chi connectivity index (χ1n) is 4.47. The van der Waals surface area contributed by atoms with Gasteiger partial charge in [-0.15, -0.1) is 0 Å². The maximum atomic E-state index is 9.83. The summed E-state index contributed by atoms with van der Waals surface area (Å²) in [5, 5.41) is 0. The third-order valence-electron chi connectivity index (χ3n) is 1.84. The van der Waals surface area contributed by atoms with E-state index in [2.05, 4.69) is 9.98 Å². The monoisotopic (exact) mass is 194 g/mol. The van der Waals surface area contributed by atoms with Crippen LogP contribution < -0.4 is 0 Å². The van der Waals surface area contributed by atoms with Gasteiger partial charge in [0.05, 0.1) is 6.54 Å². The molecule has 1 unspecified atom stereocenters. The molecule has 0 aromatic carbocycles. The molecule has 0 radical (unpaired) electrons. The van der Waals surface area contributed by atoms with Crippen molar-refractivity contribution in [3.8, 4) is 0 Å². The Bertz CT molecular complexity index is 284. The maximum absolute atomic E-state index is 9.83. The van der Waals surface area contributed by atoms with Crippen LogP contribution >= 0.6 is 0 Å². The van der Waals surface area contributed by atoms with E-state index in [1.165, 1.54) is 18.4 Å². The summed E-state index contributed by atoms with van der Waals surface area (Å²) >= 11 is 0. The van der Waals surface area contributed by atoms with Crippen molar-refractivity contribution in [1.29, 1.82) is 0 Å². The molecule has 0 saturated heterocycles. The molecule has 0 spiro atoms. The molecule has 0 aromatic heterocycles. The van der Waals surface area contributed by atoms with Crippen LogP contribution in [0.5, 0.6) is 0 Å². The van der Waals surface area contributed by atoms with Gasteiger partial charge in [0.2, 0.25) is 12.2 Å². The lowest BCUT2D eigenvalue weighted by Crippen LogP contribution is -1.99. The van der Waals surface area contributed by atoms with E-state index < -0.39 is 0 Å². The van der Waals surface area contributed by atoms with Crippen LogP contribution in [0.2, 0.25) is 0 Å². The standard InChI is InChI=1S/C10H14N2O2/c1-9(5-11-7-13)3-4-10(2)6-12-8-14/h5,10H,3-4,6H2,1-2H3. The number of hydrogen-bond acceptors (Lipinski definition) is 4. The molecule has 14 heavy (non-hydrogen) atoms. The lowest BCUT2D eigenvalue weighted by molar-refractivity contribution is 0.530. The van der Waals surface area contributed by atoms with Crippen LogP contribution in [0.4, 0.5) is 0 Å². The summed E-state index contributed by atoms with van der Waals surface area (Å²) in [4.78, 5) is 26.5. The molecule has 76 valence electrons. The van der Waals surface area contributed by atoms with Gasteiger partial charge in [-0.2, -0.15) is 4.99 Å². The normalized spacial score (nSPS) is 12.6. The summed E-state index contributed by atoms with van der Waals surface area (Å²) < 4.78 is 0. The highest BCUT2D eigenvalue weighted by molar-refractivity contribution is 5.35. The van der Waals surface area contributed by atoms with Crippen molar-refractivity contribution in [3.05, 3.63) is 11.8 Å². The fraction of sp³-hybridized carbons (Fsp3) is 0.600. The average molecular weight is 194 g/mol. The Hall–Kier alpha value is -1.50. The molecule has 0 rings (SSSR count). The van der Waals surface area contributed by atoms with Crippen LogP contribution in [0.1, 0.15) is 26.7 Å². The molecule has 0 N–H and O–H groups in total. The van der Waals surface area contributed by atoms with Crippen LogP contribution in [-0.2, 0) is 9.59 Å². The predicted octanol–water partition coefficient (Wildman–Crippen LogP) is 1.98. The van der Waals surface area contributed by atoms with Gasteiger partial charge in [-0.1, -0.05) is 12.5 Å². The second-order valence-electron chi connectivity index (χ2n) is 3.27. The Morgan fingerprint density at radius 2 is 2.14 bits per heavy atom. The minimum atomic E-state index is 0.347. The number of isocyanates is 2. The Morgan fingerprint density at radius 3 is 2.71 bits per heavy atom. The lowest BCUT2D eigenvalue weighted by atomic mass is 10.0. The fourth-order valence-corrected chi connectivity index (χ4v) is 0.960. The number of nitrogens with zero attached hydrogens (tertiary/aromatic N) is 2. The van der Waals surface area contributed by atoms with Crippen molar-refractivity contribution < 1.29 is 9.59 Å². The highest BCUT2D eigenvalue weighted by atomic mass is 16.1. The van der Waals surface area contributed by atoms with Gasteiger partial charge < -0.3 is 0 Å². The minimum absolute atomic E-state index is 0.347. The van der Waals surface area contributed by atoms with Crippen LogP contribution in [0, 0.1) is 5.92 Å². The van der Waals surface area contributed by atoms with Gasteiger partial charge in [-0.05, 0) is 25.7 Å². The van der Waals surface area contributed by atoms with Crippen molar-refractivity contribution in [2.75, 3.05) is 6.54 Å². The van der Waals surface area contributed by atoms with Gasteiger partial charge >= 0.3 is 0 Å². The first kappa shape index (κ1) is 12.5.